The smallest absolute Gasteiger partial charge is 0.124 e. The summed E-state index contributed by atoms with van der Waals surface area (Å²) in [7, 11) is 0. The number of hydrogen-bond acceptors (Lipinski definition) is 2. The van der Waals surface area contributed by atoms with Crippen LogP contribution in [0.5, 0.6) is 5.75 Å². The molecule has 1 saturated heterocycles. The van der Waals surface area contributed by atoms with Crippen molar-refractivity contribution in [3.05, 3.63) is 64.7 Å². The van der Waals surface area contributed by atoms with E-state index >= 15 is 0 Å². The first kappa shape index (κ1) is 17.0. The highest BCUT2D eigenvalue weighted by molar-refractivity contribution is 5.39. The molecule has 0 radical (unpaired) electrons. The van der Waals surface area contributed by atoms with Gasteiger partial charge in [0.25, 0.3) is 0 Å². The summed E-state index contributed by atoms with van der Waals surface area (Å²) in [6, 6.07) is 15.4. The van der Waals surface area contributed by atoms with Crippen molar-refractivity contribution in [3.8, 4) is 5.75 Å². The van der Waals surface area contributed by atoms with E-state index in [1.54, 1.807) is 0 Å². The molecule has 2 heteroatoms. The lowest BCUT2D eigenvalue weighted by atomic mass is 9.84. The van der Waals surface area contributed by atoms with Crippen molar-refractivity contribution >= 4 is 0 Å². The number of benzene rings is 2. The average Bonchev–Trinajstić information content (AvgIpc) is 3.03. The van der Waals surface area contributed by atoms with Gasteiger partial charge >= 0.3 is 0 Å². The first-order chi connectivity index (χ1) is 11.4. The SMILES string of the molecule is Cc1ccc(C(C)(C)C)cc1Cc1ccc(O[C@@H]2CCOC2)cc1. The molecular formula is C22H28O2. The lowest BCUT2D eigenvalue weighted by Gasteiger charge is -2.21. The van der Waals surface area contributed by atoms with Gasteiger partial charge in [-0.1, -0.05) is 51.1 Å². The number of ether oxygens (including phenoxy) is 2. The second-order valence-corrected chi connectivity index (χ2v) is 7.82. The lowest BCUT2D eigenvalue weighted by molar-refractivity contribution is 0.141. The second-order valence-electron chi connectivity index (χ2n) is 7.82. The molecule has 0 bridgehead atoms. The van der Waals surface area contributed by atoms with Crippen molar-refractivity contribution in [1.82, 2.24) is 0 Å². The van der Waals surface area contributed by atoms with Crippen LogP contribution in [0.4, 0.5) is 0 Å². The van der Waals surface area contributed by atoms with Crippen LogP contribution in [0.25, 0.3) is 0 Å². The van der Waals surface area contributed by atoms with Gasteiger partial charge in [-0.3, -0.25) is 0 Å². The second kappa shape index (κ2) is 6.98. The lowest BCUT2D eigenvalue weighted by Crippen LogP contribution is -2.15. The Hall–Kier alpha value is -1.80. The minimum absolute atomic E-state index is 0.184. The van der Waals surface area contributed by atoms with Gasteiger partial charge in [-0.05, 0) is 53.1 Å². The van der Waals surface area contributed by atoms with Crippen molar-refractivity contribution < 1.29 is 9.47 Å². The van der Waals surface area contributed by atoms with Crippen molar-refractivity contribution in [1.29, 1.82) is 0 Å². The van der Waals surface area contributed by atoms with Crippen LogP contribution in [-0.4, -0.2) is 19.3 Å². The maximum absolute atomic E-state index is 5.94. The van der Waals surface area contributed by atoms with E-state index in [-0.39, 0.29) is 11.5 Å². The molecule has 3 rings (SSSR count). The van der Waals surface area contributed by atoms with Gasteiger partial charge < -0.3 is 9.47 Å². The molecule has 1 heterocycles. The third kappa shape index (κ3) is 4.18. The zero-order valence-corrected chi connectivity index (χ0v) is 15.3. The molecule has 0 saturated carbocycles. The molecule has 0 N–H and O–H groups in total. The van der Waals surface area contributed by atoms with E-state index in [2.05, 4.69) is 70.2 Å². The van der Waals surface area contributed by atoms with Crippen LogP contribution in [-0.2, 0) is 16.6 Å². The summed E-state index contributed by atoms with van der Waals surface area (Å²) < 4.78 is 11.3. The quantitative estimate of drug-likeness (QED) is 0.783. The topological polar surface area (TPSA) is 18.5 Å². The Morgan fingerprint density at radius 1 is 1.08 bits per heavy atom. The van der Waals surface area contributed by atoms with Gasteiger partial charge in [-0.2, -0.15) is 0 Å². The normalized spacial score (nSPS) is 17.9. The van der Waals surface area contributed by atoms with E-state index in [0.717, 1.165) is 25.2 Å². The molecule has 24 heavy (non-hydrogen) atoms. The summed E-state index contributed by atoms with van der Waals surface area (Å²) in [5.74, 6) is 0.939. The maximum Gasteiger partial charge on any atom is 0.124 e. The van der Waals surface area contributed by atoms with E-state index in [9.17, 15) is 0 Å². The van der Waals surface area contributed by atoms with Crippen LogP contribution in [0.2, 0.25) is 0 Å². The van der Waals surface area contributed by atoms with Crippen LogP contribution < -0.4 is 4.74 Å². The Bertz CT molecular complexity index is 674. The molecule has 0 amide bonds. The summed E-state index contributed by atoms with van der Waals surface area (Å²) in [6.07, 6.45) is 2.16. The molecular weight excluding hydrogens is 296 g/mol. The van der Waals surface area contributed by atoms with Crippen LogP contribution in [0, 0.1) is 6.92 Å². The average molecular weight is 324 g/mol. The van der Waals surface area contributed by atoms with Crippen molar-refractivity contribution in [3.63, 3.8) is 0 Å². The van der Waals surface area contributed by atoms with E-state index in [4.69, 9.17) is 9.47 Å². The van der Waals surface area contributed by atoms with E-state index in [1.807, 2.05) is 0 Å². The van der Waals surface area contributed by atoms with Crippen LogP contribution in [0.1, 0.15) is 49.4 Å². The number of hydrogen-bond donors (Lipinski definition) is 0. The van der Waals surface area contributed by atoms with Gasteiger partial charge in [0, 0.05) is 6.42 Å². The highest BCUT2D eigenvalue weighted by atomic mass is 16.5. The van der Waals surface area contributed by atoms with Crippen LogP contribution in [0.15, 0.2) is 42.5 Å². The van der Waals surface area contributed by atoms with E-state index in [0.29, 0.717) is 6.61 Å². The standard InChI is InChI=1S/C22H28O2/c1-16-5-8-19(22(2,3)4)14-18(16)13-17-6-9-20(10-7-17)24-21-11-12-23-15-21/h5-10,14,21H,11-13,15H2,1-4H3/t21-/m1/s1. The van der Waals surface area contributed by atoms with Gasteiger partial charge in [0.1, 0.15) is 11.9 Å². The summed E-state index contributed by atoms with van der Waals surface area (Å²) in [5, 5.41) is 0. The van der Waals surface area contributed by atoms with Crippen LogP contribution in [0.3, 0.4) is 0 Å². The molecule has 1 aliphatic rings. The summed E-state index contributed by atoms with van der Waals surface area (Å²) in [4.78, 5) is 0. The molecule has 2 nitrogen and oxygen atoms in total. The first-order valence-corrected chi connectivity index (χ1v) is 8.85. The van der Waals surface area contributed by atoms with Gasteiger partial charge in [0.05, 0.1) is 13.2 Å². The van der Waals surface area contributed by atoms with Crippen molar-refractivity contribution in [2.45, 2.75) is 52.1 Å². The maximum atomic E-state index is 5.94. The summed E-state index contributed by atoms with van der Waals surface area (Å²) >= 11 is 0. The highest BCUT2D eigenvalue weighted by Crippen LogP contribution is 2.26. The van der Waals surface area contributed by atoms with Gasteiger partial charge in [-0.25, -0.2) is 0 Å². The molecule has 0 aliphatic carbocycles. The molecule has 128 valence electrons. The van der Waals surface area contributed by atoms with Gasteiger partial charge in [0.2, 0.25) is 0 Å². The zero-order chi connectivity index (χ0) is 17.2. The largest absolute Gasteiger partial charge is 0.488 e. The molecule has 1 atom stereocenters. The third-order valence-electron chi connectivity index (χ3n) is 4.72. The fourth-order valence-electron chi connectivity index (χ4n) is 3.03. The molecule has 0 aromatic heterocycles. The highest BCUT2D eigenvalue weighted by Gasteiger charge is 2.17. The van der Waals surface area contributed by atoms with Gasteiger partial charge in [0.15, 0.2) is 0 Å². The Labute approximate surface area is 145 Å². The first-order valence-electron chi connectivity index (χ1n) is 8.85. The van der Waals surface area contributed by atoms with Crippen LogP contribution >= 0.6 is 0 Å². The molecule has 0 unspecified atom stereocenters. The van der Waals surface area contributed by atoms with E-state index < -0.39 is 0 Å². The number of aryl methyl sites for hydroxylation is 1. The Kier molecular flexibility index (Phi) is 4.96. The monoisotopic (exact) mass is 324 g/mol. The molecule has 1 aliphatic heterocycles. The fourth-order valence-corrected chi connectivity index (χ4v) is 3.03. The Morgan fingerprint density at radius 3 is 2.46 bits per heavy atom. The van der Waals surface area contributed by atoms with Gasteiger partial charge in [-0.15, -0.1) is 0 Å². The fraction of sp³-hybridized carbons (Fsp3) is 0.455. The predicted octanol–water partition coefficient (Wildman–Crippen LogP) is 5.05. The zero-order valence-electron chi connectivity index (χ0n) is 15.3. The molecule has 2 aromatic rings. The third-order valence-corrected chi connectivity index (χ3v) is 4.72. The van der Waals surface area contributed by atoms with E-state index in [1.165, 1.54) is 22.3 Å². The summed E-state index contributed by atoms with van der Waals surface area (Å²) in [6.45, 7) is 10.5. The molecule has 1 fully saturated rings. The van der Waals surface area contributed by atoms with Crippen molar-refractivity contribution in [2.24, 2.45) is 0 Å². The summed E-state index contributed by atoms with van der Waals surface area (Å²) in [5.41, 5.74) is 5.65. The number of rotatable bonds is 4. The Balaban J connectivity index is 1.71. The molecule has 0 spiro atoms. The van der Waals surface area contributed by atoms with Crippen molar-refractivity contribution in [2.75, 3.05) is 13.2 Å². The predicted molar refractivity (Wildman–Crippen MR) is 99.0 cm³/mol. The minimum Gasteiger partial charge on any atom is -0.488 e. The molecule has 2 aromatic carbocycles. The minimum atomic E-state index is 0.184. The Morgan fingerprint density at radius 2 is 1.83 bits per heavy atom.